The van der Waals surface area contributed by atoms with Crippen molar-refractivity contribution in [2.24, 2.45) is 0 Å². The molecule has 1 unspecified atom stereocenters. The normalized spacial score (nSPS) is 15.2. The van der Waals surface area contributed by atoms with Crippen LogP contribution in [0, 0.1) is 5.82 Å². The van der Waals surface area contributed by atoms with Gasteiger partial charge in [-0.05, 0) is 48.0 Å². The second kappa shape index (κ2) is 8.99. The van der Waals surface area contributed by atoms with Crippen LogP contribution in [0.15, 0.2) is 71.5 Å². The van der Waals surface area contributed by atoms with E-state index in [-0.39, 0.29) is 11.6 Å². The van der Waals surface area contributed by atoms with Crippen LogP contribution in [-0.4, -0.2) is 22.1 Å². The number of anilines is 3. The molecular weight excluding hydrogens is 478 g/mol. The number of nitrogens with zero attached hydrogens (tertiary/aromatic N) is 2. The Morgan fingerprint density at radius 2 is 1.78 bits per heavy atom. The highest BCUT2D eigenvalue weighted by atomic mass is 19.4. The molecule has 7 nitrogen and oxygen atoms in total. The van der Waals surface area contributed by atoms with E-state index in [0.29, 0.717) is 42.5 Å². The number of nitrogens with one attached hydrogen (secondary N) is 3. The zero-order chi connectivity index (χ0) is 25.4. The van der Waals surface area contributed by atoms with Gasteiger partial charge in [0.05, 0.1) is 16.8 Å². The van der Waals surface area contributed by atoms with Crippen LogP contribution in [0.25, 0.3) is 10.9 Å². The van der Waals surface area contributed by atoms with Crippen LogP contribution in [0.5, 0.6) is 0 Å². The first-order valence-electron chi connectivity index (χ1n) is 11.0. The van der Waals surface area contributed by atoms with Crippen molar-refractivity contribution in [2.75, 3.05) is 22.5 Å². The molecule has 184 valence electrons. The monoisotopic (exact) mass is 497 g/mol. The van der Waals surface area contributed by atoms with Crippen LogP contribution in [0.1, 0.15) is 17.0 Å². The molecule has 1 aliphatic heterocycles. The molecule has 0 fully saturated rings. The molecular formula is C25H19F4N5O2. The fourth-order valence-corrected chi connectivity index (χ4v) is 4.18. The maximum Gasteiger partial charge on any atom is 0.416 e. The summed E-state index contributed by atoms with van der Waals surface area (Å²) >= 11 is 0. The van der Waals surface area contributed by atoms with Gasteiger partial charge in [-0.25, -0.2) is 14.0 Å². The molecule has 0 bridgehead atoms. The average Bonchev–Trinajstić information content (AvgIpc) is 2.85. The minimum Gasteiger partial charge on any atom is -0.370 e. The van der Waals surface area contributed by atoms with Crippen LogP contribution in [-0.2, 0) is 12.7 Å². The number of benzene rings is 3. The van der Waals surface area contributed by atoms with Gasteiger partial charge in [-0.3, -0.25) is 4.57 Å². The van der Waals surface area contributed by atoms with E-state index in [1.165, 1.54) is 0 Å². The van der Waals surface area contributed by atoms with E-state index < -0.39 is 29.3 Å². The Balaban J connectivity index is 1.28. The SMILES string of the molecule is O=C(Nc1ccc(C2CNc3c4ccccc4nc(=O)n3C2)cc1)Nc1cc(C(F)(F)F)ccc1F. The average molecular weight is 497 g/mol. The predicted octanol–water partition coefficient (Wildman–Crippen LogP) is 5.41. The van der Waals surface area contributed by atoms with Crippen molar-refractivity contribution in [3.8, 4) is 0 Å². The van der Waals surface area contributed by atoms with Crippen molar-refractivity contribution in [1.82, 2.24) is 9.55 Å². The topological polar surface area (TPSA) is 88.1 Å². The summed E-state index contributed by atoms with van der Waals surface area (Å²) in [6.45, 7) is 0.997. The molecule has 11 heteroatoms. The number of amides is 2. The number of halogens is 4. The van der Waals surface area contributed by atoms with Gasteiger partial charge >= 0.3 is 17.9 Å². The maximum atomic E-state index is 13.9. The zero-order valence-corrected chi connectivity index (χ0v) is 18.6. The predicted molar refractivity (Wildman–Crippen MR) is 128 cm³/mol. The van der Waals surface area contributed by atoms with Gasteiger partial charge < -0.3 is 16.0 Å². The molecule has 0 radical (unpaired) electrons. The van der Waals surface area contributed by atoms with E-state index in [1.54, 1.807) is 34.9 Å². The molecule has 2 heterocycles. The third kappa shape index (κ3) is 4.59. The number of carbonyl (C=O) groups excluding carboxylic acids is 1. The quantitative estimate of drug-likeness (QED) is 0.331. The number of urea groups is 1. The molecule has 0 saturated carbocycles. The first kappa shape index (κ1) is 23.3. The second-order valence-electron chi connectivity index (χ2n) is 8.34. The second-order valence-corrected chi connectivity index (χ2v) is 8.34. The number of fused-ring (bicyclic) bond motifs is 3. The fraction of sp³-hybridized carbons (Fsp3) is 0.160. The lowest BCUT2D eigenvalue weighted by atomic mass is 9.97. The van der Waals surface area contributed by atoms with Gasteiger partial charge in [0, 0.05) is 30.1 Å². The number of para-hydroxylation sites is 1. The molecule has 1 aromatic heterocycles. The van der Waals surface area contributed by atoms with Gasteiger partial charge in [-0.1, -0.05) is 24.3 Å². The van der Waals surface area contributed by atoms with E-state index in [9.17, 15) is 27.2 Å². The van der Waals surface area contributed by atoms with Crippen LogP contribution in [0.2, 0.25) is 0 Å². The van der Waals surface area contributed by atoms with Crippen LogP contribution < -0.4 is 21.6 Å². The Morgan fingerprint density at radius 1 is 1.03 bits per heavy atom. The minimum atomic E-state index is -4.67. The maximum absolute atomic E-state index is 13.9. The third-order valence-electron chi connectivity index (χ3n) is 5.98. The van der Waals surface area contributed by atoms with E-state index in [2.05, 4.69) is 20.9 Å². The molecule has 0 spiro atoms. The molecule has 0 saturated heterocycles. The van der Waals surface area contributed by atoms with Crippen LogP contribution in [0.3, 0.4) is 0 Å². The lowest BCUT2D eigenvalue weighted by molar-refractivity contribution is -0.137. The first-order valence-corrected chi connectivity index (χ1v) is 11.0. The molecule has 1 aliphatic rings. The van der Waals surface area contributed by atoms with E-state index in [4.69, 9.17) is 0 Å². The number of hydrogen-bond donors (Lipinski definition) is 3. The van der Waals surface area contributed by atoms with Crippen molar-refractivity contribution < 1.29 is 22.4 Å². The Morgan fingerprint density at radius 3 is 2.53 bits per heavy atom. The standard InChI is InChI=1S/C25H19F4N5O2/c26-19-10-7-16(25(27,28)29)11-21(19)32-23(35)31-17-8-5-14(6-9-17)15-12-30-22-18-3-1-2-4-20(18)33-24(36)34(22)13-15/h1-11,15,30H,12-13H2,(H2,31,32,35). The van der Waals surface area contributed by atoms with Crippen molar-refractivity contribution >= 4 is 34.1 Å². The van der Waals surface area contributed by atoms with Gasteiger partial charge in [0.2, 0.25) is 0 Å². The lowest BCUT2D eigenvalue weighted by Gasteiger charge is -2.28. The van der Waals surface area contributed by atoms with Crippen molar-refractivity contribution in [1.29, 1.82) is 0 Å². The minimum absolute atomic E-state index is 0.0414. The van der Waals surface area contributed by atoms with E-state index >= 15 is 0 Å². The van der Waals surface area contributed by atoms with Gasteiger partial charge in [-0.2, -0.15) is 18.2 Å². The number of carbonyl (C=O) groups is 1. The number of alkyl halides is 3. The van der Waals surface area contributed by atoms with E-state index in [0.717, 1.165) is 16.8 Å². The Kier molecular flexibility index (Phi) is 5.83. The van der Waals surface area contributed by atoms with Crippen molar-refractivity contribution in [3.05, 3.63) is 94.2 Å². The highest BCUT2D eigenvalue weighted by Gasteiger charge is 2.31. The number of aromatic nitrogens is 2. The number of rotatable bonds is 3. The Bertz CT molecular complexity index is 1520. The lowest BCUT2D eigenvalue weighted by Crippen LogP contribution is -2.35. The smallest absolute Gasteiger partial charge is 0.370 e. The summed E-state index contributed by atoms with van der Waals surface area (Å²) in [6.07, 6.45) is -4.67. The van der Waals surface area contributed by atoms with Crippen LogP contribution in [0.4, 0.5) is 39.5 Å². The summed E-state index contributed by atoms with van der Waals surface area (Å²) in [7, 11) is 0. The zero-order valence-electron chi connectivity index (χ0n) is 18.6. The molecule has 2 amide bonds. The highest BCUT2D eigenvalue weighted by Crippen LogP contribution is 2.32. The summed E-state index contributed by atoms with van der Waals surface area (Å²) in [5.41, 5.74) is -0.122. The van der Waals surface area contributed by atoms with Gasteiger partial charge in [-0.15, -0.1) is 0 Å². The van der Waals surface area contributed by atoms with Gasteiger partial charge in [0.1, 0.15) is 11.6 Å². The molecule has 5 rings (SSSR count). The first-order chi connectivity index (χ1) is 17.2. The number of hydrogen-bond acceptors (Lipinski definition) is 4. The fourth-order valence-electron chi connectivity index (χ4n) is 4.18. The molecule has 0 aliphatic carbocycles. The summed E-state index contributed by atoms with van der Waals surface area (Å²) in [6, 6.07) is 15.1. The van der Waals surface area contributed by atoms with Crippen molar-refractivity contribution in [2.45, 2.75) is 18.6 Å². The van der Waals surface area contributed by atoms with Gasteiger partial charge in [0.15, 0.2) is 0 Å². The summed E-state index contributed by atoms with van der Waals surface area (Å²) in [5.74, 6) is -0.310. The molecule has 3 N–H and O–H groups in total. The molecule has 3 aromatic carbocycles. The Labute approximate surface area is 201 Å². The summed E-state index contributed by atoms with van der Waals surface area (Å²) in [4.78, 5) is 28.9. The largest absolute Gasteiger partial charge is 0.416 e. The van der Waals surface area contributed by atoms with E-state index in [1.807, 2.05) is 18.2 Å². The molecule has 4 aromatic rings. The molecule has 1 atom stereocenters. The highest BCUT2D eigenvalue weighted by molar-refractivity contribution is 5.99. The third-order valence-corrected chi connectivity index (χ3v) is 5.98. The van der Waals surface area contributed by atoms with Gasteiger partial charge in [0.25, 0.3) is 0 Å². The Hall–Kier alpha value is -4.41. The molecule has 36 heavy (non-hydrogen) atoms. The van der Waals surface area contributed by atoms with Crippen molar-refractivity contribution in [3.63, 3.8) is 0 Å². The summed E-state index contributed by atoms with van der Waals surface area (Å²) in [5, 5.41) is 8.75. The summed E-state index contributed by atoms with van der Waals surface area (Å²) < 4.78 is 54.1. The van der Waals surface area contributed by atoms with Crippen LogP contribution >= 0.6 is 0 Å².